The standard InChI is InChI=1S/C14H21N3S.C9H20.C6H3BrN2S/c1-10(2)8-17(9-11(3)4)13-7-5-6-12-14(13)16-18-15-12;1-8(2)6-5-7-9(3)4;7-4-2-1-3-5-6(4)9-10-8-5/h5-7,10-11H,8-9H2,1-4H3;8-9H,5-7H2,1-4H3;1-3H. The summed E-state index contributed by atoms with van der Waals surface area (Å²) < 4.78 is 18.0. The van der Waals surface area contributed by atoms with Crippen LogP contribution < -0.4 is 4.90 Å². The summed E-state index contributed by atoms with van der Waals surface area (Å²) in [5.74, 6) is 3.07. The third kappa shape index (κ3) is 11.3. The Balaban J connectivity index is 0.000000214. The van der Waals surface area contributed by atoms with Crippen molar-refractivity contribution in [2.24, 2.45) is 23.7 Å². The van der Waals surface area contributed by atoms with Crippen molar-refractivity contribution in [2.45, 2.75) is 74.7 Å². The number of aromatic nitrogens is 4. The zero-order valence-electron chi connectivity index (χ0n) is 23.7. The van der Waals surface area contributed by atoms with E-state index in [9.17, 15) is 0 Å². The van der Waals surface area contributed by atoms with Crippen LogP contribution in [-0.2, 0) is 0 Å². The van der Waals surface area contributed by atoms with Crippen LogP contribution in [-0.4, -0.2) is 30.6 Å². The number of benzene rings is 2. The van der Waals surface area contributed by atoms with E-state index in [2.05, 4.69) is 106 Å². The first kappa shape index (κ1) is 31.6. The molecular formula is C29H44BrN5S2. The molecule has 0 radical (unpaired) electrons. The normalized spacial score (nSPS) is 11.3. The van der Waals surface area contributed by atoms with Crippen molar-refractivity contribution in [1.82, 2.24) is 17.5 Å². The van der Waals surface area contributed by atoms with Crippen LogP contribution in [0.1, 0.15) is 74.7 Å². The maximum atomic E-state index is 4.44. The van der Waals surface area contributed by atoms with Crippen molar-refractivity contribution >= 4 is 67.1 Å². The highest BCUT2D eigenvalue weighted by Crippen LogP contribution is 2.26. The summed E-state index contributed by atoms with van der Waals surface area (Å²) in [4.78, 5) is 2.44. The van der Waals surface area contributed by atoms with Crippen LogP contribution in [0.5, 0.6) is 0 Å². The molecule has 8 heteroatoms. The SMILES string of the molecule is Brc1cccc2nsnc12.CC(C)CCCC(C)C.CC(C)CN(CC(C)C)c1cccc2nsnc12. The Morgan fingerprint density at radius 2 is 1.14 bits per heavy atom. The Kier molecular flexibility index (Phi) is 14.0. The van der Waals surface area contributed by atoms with E-state index in [1.165, 1.54) is 48.4 Å². The van der Waals surface area contributed by atoms with E-state index < -0.39 is 0 Å². The smallest absolute Gasteiger partial charge is 0.128 e. The fourth-order valence-corrected chi connectivity index (χ4v) is 5.56. The van der Waals surface area contributed by atoms with Crippen LogP contribution >= 0.6 is 39.4 Å². The molecule has 0 unspecified atom stereocenters. The molecule has 0 N–H and O–H groups in total. The largest absolute Gasteiger partial charge is 0.369 e. The summed E-state index contributed by atoms with van der Waals surface area (Å²) in [7, 11) is 0. The molecule has 204 valence electrons. The summed E-state index contributed by atoms with van der Waals surface area (Å²) in [5, 5.41) is 0. The van der Waals surface area contributed by atoms with Gasteiger partial charge >= 0.3 is 0 Å². The quantitative estimate of drug-likeness (QED) is 0.190. The highest BCUT2D eigenvalue weighted by Gasteiger charge is 2.15. The summed E-state index contributed by atoms with van der Waals surface area (Å²) in [6.45, 7) is 20.3. The maximum Gasteiger partial charge on any atom is 0.128 e. The zero-order chi connectivity index (χ0) is 27.4. The molecule has 4 aromatic rings. The minimum Gasteiger partial charge on any atom is -0.369 e. The molecule has 0 aliphatic heterocycles. The van der Waals surface area contributed by atoms with Crippen LogP contribution in [0.15, 0.2) is 40.9 Å². The molecule has 2 heterocycles. The van der Waals surface area contributed by atoms with Gasteiger partial charge in [0.1, 0.15) is 22.1 Å². The van der Waals surface area contributed by atoms with Crippen LogP contribution in [0.2, 0.25) is 0 Å². The number of anilines is 1. The fraction of sp³-hybridized carbons (Fsp3) is 0.586. The summed E-state index contributed by atoms with van der Waals surface area (Å²) in [6, 6.07) is 12.1. The molecule has 37 heavy (non-hydrogen) atoms. The van der Waals surface area contributed by atoms with E-state index in [-0.39, 0.29) is 0 Å². The lowest BCUT2D eigenvalue weighted by Crippen LogP contribution is -2.31. The van der Waals surface area contributed by atoms with Gasteiger partial charge in [-0.1, -0.05) is 86.8 Å². The maximum absolute atomic E-state index is 4.44. The van der Waals surface area contributed by atoms with Crippen molar-refractivity contribution < 1.29 is 0 Å². The van der Waals surface area contributed by atoms with Crippen LogP contribution in [0.25, 0.3) is 22.1 Å². The molecule has 4 rings (SSSR count). The zero-order valence-corrected chi connectivity index (χ0v) is 27.0. The number of fused-ring (bicyclic) bond motifs is 2. The van der Waals surface area contributed by atoms with E-state index in [4.69, 9.17) is 0 Å². The molecule has 0 aliphatic carbocycles. The van der Waals surface area contributed by atoms with Crippen molar-refractivity contribution in [3.05, 3.63) is 40.9 Å². The monoisotopic (exact) mass is 605 g/mol. The van der Waals surface area contributed by atoms with Gasteiger partial charge in [-0.05, 0) is 63.9 Å². The van der Waals surface area contributed by atoms with E-state index in [0.717, 1.165) is 51.5 Å². The van der Waals surface area contributed by atoms with Crippen LogP contribution in [0.3, 0.4) is 0 Å². The molecule has 0 amide bonds. The summed E-state index contributed by atoms with van der Waals surface area (Å²) in [6.07, 6.45) is 4.21. The Hall–Kier alpha value is -1.64. The highest BCUT2D eigenvalue weighted by molar-refractivity contribution is 9.10. The van der Waals surface area contributed by atoms with Gasteiger partial charge in [-0.2, -0.15) is 17.5 Å². The van der Waals surface area contributed by atoms with Gasteiger partial charge in [-0.25, -0.2) is 0 Å². The molecule has 0 fully saturated rings. The predicted octanol–water partition coefficient (Wildman–Crippen LogP) is 9.73. The number of halogens is 1. The molecular weight excluding hydrogens is 562 g/mol. The van der Waals surface area contributed by atoms with Crippen LogP contribution in [0, 0.1) is 23.7 Å². The molecule has 2 aromatic heterocycles. The van der Waals surface area contributed by atoms with Gasteiger partial charge in [-0.15, -0.1) is 0 Å². The van der Waals surface area contributed by atoms with Gasteiger partial charge in [-0.3, -0.25) is 0 Å². The first-order valence-electron chi connectivity index (χ1n) is 13.4. The van der Waals surface area contributed by atoms with E-state index in [1.807, 2.05) is 24.3 Å². The molecule has 0 saturated carbocycles. The number of hydrogen-bond acceptors (Lipinski definition) is 7. The third-order valence-electron chi connectivity index (χ3n) is 5.58. The van der Waals surface area contributed by atoms with E-state index in [1.54, 1.807) is 0 Å². The molecule has 0 bridgehead atoms. The second kappa shape index (κ2) is 16.4. The van der Waals surface area contributed by atoms with Gasteiger partial charge in [0, 0.05) is 17.6 Å². The number of hydrogen-bond donors (Lipinski definition) is 0. The lowest BCUT2D eigenvalue weighted by Gasteiger charge is -2.28. The molecule has 5 nitrogen and oxygen atoms in total. The molecule has 0 atom stereocenters. The van der Waals surface area contributed by atoms with Gasteiger partial charge in [0.15, 0.2) is 0 Å². The second-order valence-corrected chi connectivity index (χ2v) is 13.1. The first-order chi connectivity index (χ1) is 17.6. The third-order valence-corrected chi connectivity index (χ3v) is 7.30. The van der Waals surface area contributed by atoms with Crippen molar-refractivity contribution in [1.29, 1.82) is 0 Å². The first-order valence-corrected chi connectivity index (χ1v) is 15.7. The summed E-state index contributed by atoms with van der Waals surface area (Å²) in [5.41, 5.74) is 5.19. The van der Waals surface area contributed by atoms with Gasteiger partial charge in [0.25, 0.3) is 0 Å². The Bertz CT molecular complexity index is 1150. The molecule has 0 saturated heterocycles. The lowest BCUT2D eigenvalue weighted by molar-refractivity contribution is 0.480. The number of rotatable bonds is 9. The highest BCUT2D eigenvalue weighted by atomic mass is 79.9. The van der Waals surface area contributed by atoms with E-state index in [0.29, 0.717) is 11.8 Å². The second-order valence-electron chi connectivity index (χ2n) is 11.2. The van der Waals surface area contributed by atoms with Gasteiger partial charge in [0.05, 0.1) is 29.1 Å². The van der Waals surface area contributed by atoms with Gasteiger partial charge < -0.3 is 4.90 Å². The minimum atomic E-state index is 0.644. The van der Waals surface area contributed by atoms with E-state index >= 15 is 0 Å². The summed E-state index contributed by atoms with van der Waals surface area (Å²) >= 11 is 5.91. The van der Waals surface area contributed by atoms with Crippen molar-refractivity contribution in [3.8, 4) is 0 Å². The Morgan fingerprint density at radius 1 is 0.649 bits per heavy atom. The average Bonchev–Trinajstić information content (AvgIpc) is 3.48. The Morgan fingerprint density at radius 3 is 1.62 bits per heavy atom. The van der Waals surface area contributed by atoms with Crippen molar-refractivity contribution in [3.63, 3.8) is 0 Å². The van der Waals surface area contributed by atoms with Crippen molar-refractivity contribution in [2.75, 3.05) is 18.0 Å². The average molecular weight is 607 g/mol. The fourth-order valence-electron chi connectivity index (χ4n) is 3.91. The van der Waals surface area contributed by atoms with Gasteiger partial charge in [0.2, 0.25) is 0 Å². The topological polar surface area (TPSA) is 54.8 Å². The molecule has 2 aromatic carbocycles. The van der Waals surface area contributed by atoms with Crippen LogP contribution in [0.4, 0.5) is 5.69 Å². The number of nitrogens with zero attached hydrogens (tertiary/aromatic N) is 5. The molecule has 0 spiro atoms. The molecule has 0 aliphatic rings. The lowest BCUT2D eigenvalue weighted by atomic mass is 10.0. The Labute approximate surface area is 240 Å². The predicted molar refractivity (Wildman–Crippen MR) is 168 cm³/mol. The minimum absolute atomic E-state index is 0.644.